The molecule has 0 amide bonds. The molecular formula is C22H27N. The first-order valence-electron chi connectivity index (χ1n) is 7.94. The number of hydrogen-bond acceptors (Lipinski definition) is 1. The van der Waals surface area contributed by atoms with Crippen molar-refractivity contribution < 1.29 is 0 Å². The highest BCUT2D eigenvalue weighted by atomic mass is 14.7. The van der Waals surface area contributed by atoms with Gasteiger partial charge < -0.3 is 0 Å². The molecule has 0 N–H and O–H groups in total. The van der Waals surface area contributed by atoms with Gasteiger partial charge in [0.15, 0.2) is 0 Å². The molecule has 23 heavy (non-hydrogen) atoms. The van der Waals surface area contributed by atoms with Crippen LogP contribution in [0.1, 0.15) is 26.7 Å². The van der Waals surface area contributed by atoms with Crippen LogP contribution in [0.25, 0.3) is 0 Å². The van der Waals surface area contributed by atoms with Crippen molar-refractivity contribution >= 4 is 5.71 Å². The quantitative estimate of drug-likeness (QED) is 0.351. The Kier molecular flexibility index (Phi) is 7.76. The molecule has 0 saturated heterocycles. The van der Waals surface area contributed by atoms with Gasteiger partial charge in [-0.1, -0.05) is 62.8 Å². The van der Waals surface area contributed by atoms with Crippen molar-refractivity contribution in [2.45, 2.75) is 26.7 Å². The Labute approximate surface area is 141 Å². The Hall–Kier alpha value is -2.41. The maximum atomic E-state index is 4.47. The van der Waals surface area contributed by atoms with Crippen LogP contribution in [0.15, 0.2) is 102 Å². The number of rotatable bonds is 9. The minimum Gasteiger partial charge on any atom is -0.257 e. The summed E-state index contributed by atoms with van der Waals surface area (Å²) in [5.41, 5.74) is 4.80. The Morgan fingerprint density at radius 3 is 2.04 bits per heavy atom. The molecule has 0 aromatic rings. The van der Waals surface area contributed by atoms with Gasteiger partial charge in [0.1, 0.15) is 0 Å². The summed E-state index contributed by atoms with van der Waals surface area (Å²) in [4.78, 5) is 4.47. The first-order valence-corrected chi connectivity index (χ1v) is 7.94. The van der Waals surface area contributed by atoms with E-state index in [4.69, 9.17) is 0 Å². The Morgan fingerprint density at radius 2 is 1.52 bits per heavy atom. The molecule has 0 heterocycles. The first-order chi connectivity index (χ1) is 11.0. The normalized spacial score (nSPS) is 16.4. The van der Waals surface area contributed by atoms with E-state index >= 15 is 0 Å². The molecule has 0 aromatic carbocycles. The van der Waals surface area contributed by atoms with Gasteiger partial charge in [0.2, 0.25) is 0 Å². The number of nitrogens with zero attached hydrogens (tertiary/aromatic N) is 1. The van der Waals surface area contributed by atoms with Crippen molar-refractivity contribution in [2.24, 2.45) is 10.9 Å². The molecule has 1 nitrogen and oxygen atoms in total. The summed E-state index contributed by atoms with van der Waals surface area (Å²) in [6.45, 7) is 20.0. The van der Waals surface area contributed by atoms with Gasteiger partial charge in [0.05, 0.1) is 5.71 Å². The largest absolute Gasteiger partial charge is 0.257 e. The fourth-order valence-electron chi connectivity index (χ4n) is 2.18. The highest BCUT2D eigenvalue weighted by Crippen LogP contribution is 2.37. The summed E-state index contributed by atoms with van der Waals surface area (Å²) >= 11 is 0. The SMILES string of the molecule is C=C/N=C(C(=C)C1CC1)/C(/C=C\C(=C)/C=C\C)=C/C(=C)/C=C\C. The molecule has 0 bridgehead atoms. The highest BCUT2D eigenvalue weighted by Gasteiger charge is 2.28. The van der Waals surface area contributed by atoms with Crippen LogP contribution in [0, 0.1) is 5.92 Å². The van der Waals surface area contributed by atoms with Crippen LogP contribution >= 0.6 is 0 Å². The molecule has 1 heteroatoms. The van der Waals surface area contributed by atoms with E-state index in [1.165, 1.54) is 12.8 Å². The second-order valence-electron chi connectivity index (χ2n) is 5.54. The van der Waals surface area contributed by atoms with E-state index in [2.05, 4.69) is 31.3 Å². The van der Waals surface area contributed by atoms with Crippen molar-refractivity contribution in [2.75, 3.05) is 0 Å². The van der Waals surface area contributed by atoms with Crippen LogP contribution < -0.4 is 0 Å². The summed E-state index contributed by atoms with van der Waals surface area (Å²) < 4.78 is 0. The van der Waals surface area contributed by atoms with Crippen molar-refractivity contribution in [1.82, 2.24) is 0 Å². The summed E-state index contributed by atoms with van der Waals surface area (Å²) in [6, 6.07) is 0. The van der Waals surface area contributed by atoms with Crippen molar-refractivity contribution in [3.63, 3.8) is 0 Å². The number of aliphatic imine (C=N–C) groups is 1. The van der Waals surface area contributed by atoms with E-state index in [9.17, 15) is 0 Å². The molecule has 0 aromatic heterocycles. The van der Waals surface area contributed by atoms with Gasteiger partial charge in [0, 0.05) is 11.8 Å². The van der Waals surface area contributed by atoms with Crippen LogP contribution in [0.2, 0.25) is 0 Å². The molecule has 1 aliphatic carbocycles. The lowest BCUT2D eigenvalue weighted by Crippen LogP contribution is -2.06. The smallest absolute Gasteiger partial charge is 0.0730 e. The third kappa shape index (κ3) is 6.48. The van der Waals surface area contributed by atoms with Gasteiger partial charge >= 0.3 is 0 Å². The fourth-order valence-corrected chi connectivity index (χ4v) is 2.18. The Balaban J connectivity index is 3.21. The average Bonchev–Trinajstić information content (AvgIpc) is 3.34. The topological polar surface area (TPSA) is 12.4 Å². The lowest BCUT2D eigenvalue weighted by Gasteiger charge is -2.10. The second-order valence-corrected chi connectivity index (χ2v) is 5.54. The van der Waals surface area contributed by atoms with Crippen molar-refractivity contribution in [3.05, 3.63) is 97.3 Å². The molecule has 1 aliphatic rings. The van der Waals surface area contributed by atoms with Crippen LogP contribution in [0.5, 0.6) is 0 Å². The third-order valence-corrected chi connectivity index (χ3v) is 3.45. The average molecular weight is 305 g/mol. The molecule has 0 atom stereocenters. The molecule has 0 radical (unpaired) electrons. The van der Waals surface area contributed by atoms with Crippen LogP contribution in [0.3, 0.4) is 0 Å². The molecular weight excluding hydrogens is 278 g/mol. The van der Waals surface area contributed by atoms with Gasteiger partial charge in [-0.2, -0.15) is 0 Å². The van der Waals surface area contributed by atoms with Gasteiger partial charge in [-0.25, -0.2) is 0 Å². The van der Waals surface area contributed by atoms with Crippen LogP contribution in [-0.4, -0.2) is 5.71 Å². The predicted octanol–water partition coefficient (Wildman–Crippen LogP) is 6.28. The summed E-state index contributed by atoms with van der Waals surface area (Å²) in [6.07, 6.45) is 17.9. The zero-order chi connectivity index (χ0) is 17.2. The molecule has 1 saturated carbocycles. The number of allylic oxidation sites excluding steroid dienone is 11. The predicted molar refractivity (Wildman–Crippen MR) is 105 cm³/mol. The molecule has 0 aliphatic heterocycles. The summed E-state index contributed by atoms with van der Waals surface area (Å²) in [7, 11) is 0. The van der Waals surface area contributed by atoms with Crippen molar-refractivity contribution in [3.8, 4) is 0 Å². The van der Waals surface area contributed by atoms with Gasteiger partial charge in [-0.05, 0) is 55.4 Å². The van der Waals surface area contributed by atoms with Crippen LogP contribution in [0.4, 0.5) is 0 Å². The minimum atomic E-state index is 0.541. The van der Waals surface area contributed by atoms with E-state index in [-0.39, 0.29) is 0 Å². The minimum absolute atomic E-state index is 0.541. The lowest BCUT2D eigenvalue weighted by molar-refractivity contribution is 1.08. The highest BCUT2D eigenvalue weighted by molar-refractivity contribution is 6.14. The summed E-state index contributed by atoms with van der Waals surface area (Å²) in [5.74, 6) is 0.541. The standard InChI is InChI=1S/C22H27N/c1-7-10-17(4)12-13-21(16-18(5)11-8-2)22(23-9-3)19(6)20-14-15-20/h7-13,16,20H,3-6,14-15H2,1-2H3/b10-7-,11-8-,13-12-,21-16+,23-22+. The van der Waals surface area contributed by atoms with Crippen LogP contribution in [-0.2, 0) is 0 Å². The third-order valence-electron chi connectivity index (χ3n) is 3.45. The molecule has 0 unspecified atom stereocenters. The Bertz CT molecular complexity index is 629. The fraction of sp³-hybridized carbons (Fsp3) is 0.227. The van der Waals surface area contributed by atoms with E-state index < -0.39 is 0 Å². The maximum absolute atomic E-state index is 4.47. The van der Waals surface area contributed by atoms with E-state index in [0.29, 0.717) is 5.92 Å². The molecule has 1 rings (SSSR count). The van der Waals surface area contributed by atoms with Crippen molar-refractivity contribution in [1.29, 1.82) is 0 Å². The monoisotopic (exact) mass is 305 g/mol. The molecule has 0 spiro atoms. The molecule has 120 valence electrons. The maximum Gasteiger partial charge on any atom is 0.0730 e. The lowest BCUT2D eigenvalue weighted by atomic mass is 9.97. The van der Waals surface area contributed by atoms with Gasteiger partial charge in [-0.3, -0.25) is 4.99 Å². The second kappa shape index (κ2) is 9.58. The van der Waals surface area contributed by atoms with Gasteiger partial charge in [0.25, 0.3) is 0 Å². The van der Waals surface area contributed by atoms with E-state index in [0.717, 1.165) is 28.0 Å². The first kappa shape index (κ1) is 18.6. The van der Waals surface area contributed by atoms with E-state index in [1.807, 2.05) is 56.4 Å². The molecule has 1 fully saturated rings. The van der Waals surface area contributed by atoms with E-state index in [1.54, 1.807) is 6.20 Å². The number of hydrogen-bond donors (Lipinski definition) is 0. The Morgan fingerprint density at radius 1 is 0.913 bits per heavy atom. The summed E-state index contributed by atoms with van der Waals surface area (Å²) in [5, 5.41) is 0. The zero-order valence-corrected chi connectivity index (χ0v) is 14.4. The zero-order valence-electron chi connectivity index (χ0n) is 14.4. The van der Waals surface area contributed by atoms with Gasteiger partial charge in [-0.15, -0.1) is 0 Å².